The Labute approximate surface area is 214 Å². The first-order valence-corrected chi connectivity index (χ1v) is 11.4. The summed E-state index contributed by atoms with van der Waals surface area (Å²) < 4.78 is 16.1. The van der Waals surface area contributed by atoms with Gasteiger partial charge in [-0.3, -0.25) is 9.89 Å². The second kappa shape index (κ2) is 11.7. The van der Waals surface area contributed by atoms with Crippen molar-refractivity contribution >= 4 is 18.1 Å². The number of hydrogen-bond acceptors (Lipinski definition) is 7. The summed E-state index contributed by atoms with van der Waals surface area (Å²) >= 11 is 0. The van der Waals surface area contributed by atoms with Crippen LogP contribution in [0.3, 0.4) is 0 Å². The lowest BCUT2D eigenvalue weighted by atomic mass is 10.1. The smallest absolute Gasteiger partial charge is 0.337 e. The van der Waals surface area contributed by atoms with E-state index >= 15 is 0 Å². The van der Waals surface area contributed by atoms with Crippen LogP contribution in [0, 0.1) is 6.92 Å². The fraction of sp³-hybridized carbons (Fsp3) is 0.143. The number of H-pyrrole nitrogens is 1. The summed E-state index contributed by atoms with van der Waals surface area (Å²) in [4.78, 5) is 24.0. The molecule has 188 valence electrons. The van der Waals surface area contributed by atoms with Gasteiger partial charge in [0.15, 0.2) is 11.5 Å². The number of nitrogens with zero attached hydrogens (tertiary/aromatic N) is 2. The molecule has 0 aliphatic rings. The first-order chi connectivity index (χ1) is 18.0. The normalized spacial score (nSPS) is 10.8. The number of carbonyl (C=O) groups is 2. The summed E-state index contributed by atoms with van der Waals surface area (Å²) in [5.74, 6) is 0.288. The lowest BCUT2D eigenvalue weighted by Crippen LogP contribution is -2.18. The number of aryl methyl sites for hydroxylation is 1. The average molecular weight is 499 g/mol. The van der Waals surface area contributed by atoms with E-state index in [-0.39, 0.29) is 5.69 Å². The van der Waals surface area contributed by atoms with Gasteiger partial charge in [-0.25, -0.2) is 10.2 Å². The van der Waals surface area contributed by atoms with Crippen LogP contribution >= 0.6 is 0 Å². The minimum absolute atomic E-state index is 0.242. The van der Waals surface area contributed by atoms with Gasteiger partial charge in [0, 0.05) is 5.56 Å². The van der Waals surface area contributed by atoms with E-state index in [1.165, 1.54) is 18.9 Å². The molecule has 4 aromatic rings. The largest absolute Gasteiger partial charge is 0.493 e. The highest BCUT2D eigenvalue weighted by atomic mass is 16.5. The van der Waals surface area contributed by atoms with Crippen molar-refractivity contribution in [3.8, 4) is 22.8 Å². The Hall–Kier alpha value is -4.92. The van der Waals surface area contributed by atoms with Crippen LogP contribution in [0.25, 0.3) is 11.3 Å². The number of benzene rings is 3. The van der Waals surface area contributed by atoms with E-state index in [1.807, 2.05) is 43.3 Å². The van der Waals surface area contributed by atoms with Gasteiger partial charge in [-0.1, -0.05) is 42.0 Å². The molecular formula is C28H26N4O5. The van der Waals surface area contributed by atoms with Crippen LogP contribution in [0.1, 0.15) is 37.5 Å². The zero-order valence-corrected chi connectivity index (χ0v) is 20.6. The number of methoxy groups -OCH3 is 2. The first-order valence-electron chi connectivity index (χ1n) is 11.4. The third kappa shape index (κ3) is 6.40. The second-order valence-corrected chi connectivity index (χ2v) is 8.12. The SMILES string of the molecule is COC(=O)c1ccc(/C=N\NC(=O)c2cc(-c3ccc(OCc4ccc(C)cc4)c(OC)c3)n[nH]2)cc1. The van der Waals surface area contributed by atoms with Crippen molar-refractivity contribution in [3.05, 3.63) is 101 Å². The van der Waals surface area contributed by atoms with Crippen LogP contribution in [-0.4, -0.2) is 42.5 Å². The van der Waals surface area contributed by atoms with Crippen LogP contribution < -0.4 is 14.9 Å². The first kappa shape index (κ1) is 25.2. The molecule has 0 saturated carbocycles. The second-order valence-electron chi connectivity index (χ2n) is 8.12. The van der Waals surface area contributed by atoms with E-state index in [1.54, 1.807) is 43.5 Å². The number of hydrazone groups is 1. The molecule has 3 aromatic carbocycles. The molecule has 37 heavy (non-hydrogen) atoms. The maximum Gasteiger partial charge on any atom is 0.337 e. The van der Waals surface area contributed by atoms with Crippen molar-refractivity contribution in [1.29, 1.82) is 0 Å². The van der Waals surface area contributed by atoms with E-state index in [2.05, 4.69) is 25.5 Å². The number of ether oxygens (including phenoxy) is 3. The minimum Gasteiger partial charge on any atom is -0.493 e. The van der Waals surface area contributed by atoms with Gasteiger partial charge in [0.1, 0.15) is 12.3 Å². The Morgan fingerprint density at radius 2 is 1.73 bits per heavy atom. The van der Waals surface area contributed by atoms with Crippen LogP contribution in [0.2, 0.25) is 0 Å². The van der Waals surface area contributed by atoms with Crippen LogP contribution in [-0.2, 0) is 11.3 Å². The van der Waals surface area contributed by atoms with Crippen LogP contribution in [0.5, 0.6) is 11.5 Å². The zero-order chi connectivity index (χ0) is 26.2. The maximum absolute atomic E-state index is 12.5. The van der Waals surface area contributed by atoms with Crippen molar-refractivity contribution in [2.45, 2.75) is 13.5 Å². The van der Waals surface area contributed by atoms with Gasteiger partial charge in [0.25, 0.3) is 5.91 Å². The molecule has 9 nitrogen and oxygen atoms in total. The molecule has 0 aliphatic heterocycles. The van der Waals surface area contributed by atoms with Gasteiger partial charge in [-0.2, -0.15) is 10.2 Å². The number of nitrogens with one attached hydrogen (secondary N) is 2. The van der Waals surface area contributed by atoms with E-state index in [4.69, 9.17) is 9.47 Å². The molecular weight excluding hydrogens is 472 g/mol. The molecule has 4 rings (SSSR count). The molecule has 2 N–H and O–H groups in total. The quantitative estimate of drug-likeness (QED) is 0.199. The monoisotopic (exact) mass is 498 g/mol. The molecule has 0 unspecified atom stereocenters. The highest BCUT2D eigenvalue weighted by Gasteiger charge is 2.13. The molecule has 1 heterocycles. The van der Waals surface area contributed by atoms with Crippen molar-refractivity contribution in [2.24, 2.45) is 5.10 Å². The maximum atomic E-state index is 12.5. The standard InChI is InChI=1S/C28H26N4O5/c1-18-4-6-20(7-5-18)17-37-25-13-12-22(14-26(25)35-2)23-15-24(31-30-23)27(33)32-29-16-19-8-10-21(11-9-19)28(34)36-3/h4-16H,17H2,1-3H3,(H,30,31)(H,32,33)/b29-16-. The molecule has 1 aromatic heterocycles. The van der Waals surface area contributed by atoms with E-state index in [0.29, 0.717) is 34.9 Å². The molecule has 1 amide bonds. The fourth-order valence-corrected chi connectivity index (χ4v) is 3.43. The summed E-state index contributed by atoms with van der Waals surface area (Å²) in [6, 6.07) is 21.8. The number of aromatic amines is 1. The number of esters is 1. The van der Waals surface area contributed by atoms with Gasteiger partial charge in [0.05, 0.1) is 31.7 Å². The van der Waals surface area contributed by atoms with Crippen molar-refractivity contribution in [3.63, 3.8) is 0 Å². The molecule has 0 bridgehead atoms. The predicted molar refractivity (Wildman–Crippen MR) is 139 cm³/mol. The zero-order valence-electron chi connectivity index (χ0n) is 20.6. The third-order valence-electron chi connectivity index (χ3n) is 5.51. The summed E-state index contributed by atoms with van der Waals surface area (Å²) in [5.41, 5.74) is 7.39. The summed E-state index contributed by atoms with van der Waals surface area (Å²) in [6.07, 6.45) is 1.47. The number of rotatable bonds is 9. The van der Waals surface area contributed by atoms with Crippen molar-refractivity contribution in [2.75, 3.05) is 14.2 Å². The lowest BCUT2D eigenvalue weighted by molar-refractivity contribution is 0.0600. The molecule has 0 saturated heterocycles. The Kier molecular flexibility index (Phi) is 7.95. The average Bonchev–Trinajstić information content (AvgIpc) is 3.43. The topological polar surface area (TPSA) is 115 Å². The molecule has 0 aliphatic carbocycles. The van der Waals surface area contributed by atoms with Crippen LogP contribution in [0.15, 0.2) is 77.9 Å². The predicted octanol–water partition coefficient (Wildman–Crippen LogP) is 4.52. The van der Waals surface area contributed by atoms with Gasteiger partial charge in [-0.05, 0) is 54.4 Å². The molecule has 0 radical (unpaired) electrons. The molecule has 9 heteroatoms. The van der Waals surface area contributed by atoms with E-state index < -0.39 is 11.9 Å². The summed E-state index contributed by atoms with van der Waals surface area (Å²) in [6.45, 7) is 2.46. The van der Waals surface area contributed by atoms with Crippen molar-refractivity contribution < 1.29 is 23.8 Å². The Balaban J connectivity index is 1.38. The van der Waals surface area contributed by atoms with Gasteiger partial charge in [0.2, 0.25) is 0 Å². The lowest BCUT2D eigenvalue weighted by Gasteiger charge is -2.12. The third-order valence-corrected chi connectivity index (χ3v) is 5.51. The Bertz CT molecular complexity index is 1410. The minimum atomic E-state index is -0.453. The van der Waals surface area contributed by atoms with Crippen LogP contribution in [0.4, 0.5) is 0 Å². The van der Waals surface area contributed by atoms with Crippen molar-refractivity contribution in [1.82, 2.24) is 15.6 Å². The fourth-order valence-electron chi connectivity index (χ4n) is 3.43. The summed E-state index contributed by atoms with van der Waals surface area (Å²) in [5, 5.41) is 10.9. The highest BCUT2D eigenvalue weighted by molar-refractivity contribution is 5.94. The van der Waals surface area contributed by atoms with Gasteiger partial charge >= 0.3 is 5.97 Å². The Morgan fingerprint density at radius 3 is 2.43 bits per heavy atom. The number of carbonyl (C=O) groups excluding carboxylic acids is 2. The number of aromatic nitrogens is 2. The molecule has 0 fully saturated rings. The van der Waals surface area contributed by atoms with E-state index in [9.17, 15) is 9.59 Å². The number of amides is 1. The van der Waals surface area contributed by atoms with Gasteiger partial charge in [-0.15, -0.1) is 0 Å². The molecule has 0 spiro atoms. The van der Waals surface area contributed by atoms with Gasteiger partial charge < -0.3 is 14.2 Å². The molecule has 0 atom stereocenters. The Morgan fingerprint density at radius 1 is 0.973 bits per heavy atom. The summed E-state index contributed by atoms with van der Waals surface area (Å²) in [7, 11) is 2.89. The number of hydrogen-bond donors (Lipinski definition) is 2. The van der Waals surface area contributed by atoms with E-state index in [0.717, 1.165) is 11.1 Å². The highest BCUT2D eigenvalue weighted by Crippen LogP contribution is 2.32.